The van der Waals surface area contributed by atoms with Crippen molar-refractivity contribution in [1.82, 2.24) is 9.88 Å². The molecule has 2 aromatic rings. The molecule has 5 nitrogen and oxygen atoms in total. The molecule has 1 amide bonds. The van der Waals surface area contributed by atoms with Crippen LogP contribution in [0.25, 0.3) is 0 Å². The van der Waals surface area contributed by atoms with E-state index >= 15 is 0 Å². The Balaban J connectivity index is 2.24. The molecule has 23 heavy (non-hydrogen) atoms. The van der Waals surface area contributed by atoms with Crippen LogP contribution in [0.1, 0.15) is 49.5 Å². The van der Waals surface area contributed by atoms with Crippen LogP contribution in [-0.4, -0.2) is 35.4 Å². The van der Waals surface area contributed by atoms with E-state index in [9.17, 15) is 9.59 Å². The first-order chi connectivity index (χ1) is 10.9. The number of aryl methyl sites for hydroxylation is 2. The highest BCUT2D eigenvalue weighted by molar-refractivity contribution is 7.10. The van der Waals surface area contributed by atoms with E-state index in [1.807, 2.05) is 18.4 Å². The number of carbonyl (C=O) groups is 2. The number of ether oxygens (including phenoxy) is 1. The van der Waals surface area contributed by atoms with E-state index in [-0.39, 0.29) is 5.91 Å². The van der Waals surface area contributed by atoms with Gasteiger partial charge in [0.15, 0.2) is 0 Å². The van der Waals surface area contributed by atoms with Gasteiger partial charge in [-0.1, -0.05) is 0 Å². The Morgan fingerprint density at radius 3 is 2.57 bits per heavy atom. The molecule has 0 aliphatic heterocycles. The zero-order valence-electron chi connectivity index (χ0n) is 14.1. The van der Waals surface area contributed by atoms with Crippen LogP contribution < -0.4 is 0 Å². The van der Waals surface area contributed by atoms with Gasteiger partial charge in [-0.25, -0.2) is 4.79 Å². The van der Waals surface area contributed by atoms with Gasteiger partial charge in [-0.2, -0.15) is 0 Å². The number of carbonyl (C=O) groups excluding carboxylic acids is 2. The molecule has 0 atom stereocenters. The van der Waals surface area contributed by atoms with E-state index in [2.05, 4.69) is 4.98 Å². The molecule has 2 aromatic heterocycles. The predicted octanol–water partition coefficient (Wildman–Crippen LogP) is 3.45. The molecule has 0 saturated carbocycles. The van der Waals surface area contributed by atoms with Crippen LogP contribution in [0.3, 0.4) is 0 Å². The summed E-state index contributed by atoms with van der Waals surface area (Å²) in [6, 6.07) is 2.04. The molecule has 0 aromatic carbocycles. The molecule has 2 heterocycles. The first-order valence-electron chi connectivity index (χ1n) is 7.51. The van der Waals surface area contributed by atoms with Crippen LogP contribution in [0.5, 0.6) is 0 Å². The molecule has 0 saturated heterocycles. The van der Waals surface area contributed by atoms with Crippen molar-refractivity contribution >= 4 is 23.2 Å². The van der Waals surface area contributed by atoms with E-state index in [0.717, 1.165) is 4.88 Å². The molecule has 0 bridgehead atoms. The number of hydrogen-bond donors (Lipinski definition) is 1. The lowest BCUT2D eigenvalue weighted by molar-refractivity contribution is 0.0525. The number of H-pyrrole nitrogens is 1. The largest absolute Gasteiger partial charge is 0.462 e. The zero-order chi connectivity index (χ0) is 17.1. The molecule has 0 unspecified atom stereocenters. The SMILES string of the molecule is CCOC(=O)c1c(C)[nH]c(C(=O)N(C)Cc2sccc2C)c1C. The van der Waals surface area contributed by atoms with Crippen LogP contribution >= 0.6 is 11.3 Å². The number of aromatic amines is 1. The molecular weight excluding hydrogens is 312 g/mol. The number of esters is 1. The van der Waals surface area contributed by atoms with Gasteiger partial charge in [0.2, 0.25) is 0 Å². The van der Waals surface area contributed by atoms with E-state index in [4.69, 9.17) is 4.74 Å². The normalized spacial score (nSPS) is 10.7. The minimum atomic E-state index is -0.394. The van der Waals surface area contributed by atoms with Gasteiger partial charge < -0.3 is 14.6 Å². The van der Waals surface area contributed by atoms with Crippen molar-refractivity contribution in [2.75, 3.05) is 13.7 Å². The summed E-state index contributed by atoms with van der Waals surface area (Å²) in [5.74, 6) is -0.525. The zero-order valence-corrected chi connectivity index (χ0v) is 15.0. The number of thiophene rings is 1. The molecule has 0 aliphatic rings. The average molecular weight is 334 g/mol. The Morgan fingerprint density at radius 2 is 2.00 bits per heavy atom. The standard InChI is InChI=1S/C17H22N2O3S/c1-6-22-17(21)14-11(3)15(18-12(14)4)16(20)19(5)9-13-10(2)7-8-23-13/h7-8,18H,6,9H2,1-5H3. The fraction of sp³-hybridized carbons (Fsp3) is 0.412. The van der Waals surface area contributed by atoms with Crippen molar-refractivity contribution in [2.45, 2.75) is 34.2 Å². The minimum Gasteiger partial charge on any atom is -0.462 e. The average Bonchev–Trinajstić information content (AvgIpc) is 3.02. The van der Waals surface area contributed by atoms with Gasteiger partial charge in [-0.05, 0) is 50.3 Å². The van der Waals surface area contributed by atoms with Crippen molar-refractivity contribution in [3.8, 4) is 0 Å². The van der Waals surface area contributed by atoms with Crippen LogP contribution in [0.4, 0.5) is 0 Å². The molecular formula is C17H22N2O3S. The smallest absolute Gasteiger partial charge is 0.340 e. The van der Waals surface area contributed by atoms with Gasteiger partial charge in [0.05, 0.1) is 18.7 Å². The number of nitrogens with zero attached hydrogens (tertiary/aromatic N) is 1. The lowest BCUT2D eigenvalue weighted by Crippen LogP contribution is -2.27. The first kappa shape index (κ1) is 17.3. The van der Waals surface area contributed by atoms with Gasteiger partial charge in [0, 0.05) is 17.6 Å². The lowest BCUT2D eigenvalue weighted by atomic mass is 10.1. The summed E-state index contributed by atoms with van der Waals surface area (Å²) in [7, 11) is 1.77. The highest BCUT2D eigenvalue weighted by Gasteiger charge is 2.24. The third-order valence-electron chi connectivity index (χ3n) is 3.83. The van der Waals surface area contributed by atoms with E-state index < -0.39 is 5.97 Å². The van der Waals surface area contributed by atoms with Gasteiger partial charge >= 0.3 is 5.97 Å². The summed E-state index contributed by atoms with van der Waals surface area (Å²) < 4.78 is 5.06. The van der Waals surface area contributed by atoms with Crippen LogP contribution in [-0.2, 0) is 11.3 Å². The number of nitrogens with one attached hydrogen (secondary N) is 1. The van der Waals surface area contributed by atoms with E-state index in [1.54, 1.807) is 44.1 Å². The maximum atomic E-state index is 12.7. The maximum Gasteiger partial charge on any atom is 0.340 e. The fourth-order valence-corrected chi connectivity index (χ4v) is 3.48. The van der Waals surface area contributed by atoms with Crippen LogP contribution in [0.2, 0.25) is 0 Å². The minimum absolute atomic E-state index is 0.131. The molecule has 1 N–H and O–H groups in total. The second-order valence-electron chi connectivity index (χ2n) is 5.53. The van der Waals surface area contributed by atoms with Crippen molar-refractivity contribution < 1.29 is 14.3 Å². The van der Waals surface area contributed by atoms with E-state index in [0.29, 0.717) is 35.7 Å². The summed E-state index contributed by atoms with van der Waals surface area (Å²) in [5, 5.41) is 2.02. The summed E-state index contributed by atoms with van der Waals surface area (Å²) in [4.78, 5) is 30.6. The maximum absolute atomic E-state index is 12.7. The number of amides is 1. The van der Waals surface area contributed by atoms with Crippen LogP contribution in [0, 0.1) is 20.8 Å². The number of rotatable bonds is 5. The predicted molar refractivity (Wildman–Crippen MR) is 91.1 cm³/mol. The monoisotopic (exact) mass is 334 g/mol. The fourth-order valence-electron chi connectivity index (χ4n) is 2.52. The van der Waals surface area contributed by atoms with Gasteiger partial charge in [-0.3, -0.25) is 4.79 Å². The number of aromatic nitrogens is 1. The summed E-state index contributed by atoms with van der Waals surface area (Å²) in [6.45, 7) is 8.20. The van der Waals surface area contributed by atoms with Crippen molar-refractivity contribution in [3.63, 3.8) is 0 Å². The molecule has 0 fully saturated rings. The summed E-state index contributed by atoms with van der Waals surface area (Å²) in [6.07, 6.45) is 0. The molecule has 0 aliphatic carbocycles. The van der Waals surface area contributed by atoms with E-state index in [1.165, 1.54) is 5.56 Å². The summed E-state index contributed by atoms with van der Waals surface area (Å²) >= 11 is 1.64. The molecule has 0 spiro atoms. The Bertz CT molecular complexity index is 730. The second kappa shape index (κ2) is 7.00. The molecule has 124 valence electrons. The third-order valence-corrected chi connectivity index (χ3v) is 4.83. The molecule has 0 radical (unpaired) electrons. The van der Waals surface area contributed by atoms with Crippen molar-refractivity contribution in [1.29, 1.82) is 0 Å². The quantitative estimate of drug-likeness (QED) is 0.852. The number of hydrogen-bond acceptors (Lipinski definition) is 4. The van der Waals surface area contributed by atoms with Crippen molar-refractivity contribution in [2.24, 2.45) is 0 Å². The topological polar surface area (TPSA) is 62.4 Å². The molecule has 2 rings (SSSR count). The second-order valence-corrected chi connectivity index (χ2v) is 6.53. The molecule has 6 heteroatoms. The lowest BCUT2D eigenvalue weighted by Gasteiger charge is -2.16. The van der Waals surface area contributed by atoms with Gasteiger partial charge in [-0.15, -0.1) is 11.3 Å². The highest BCUT2D eigenvalue weighted by Crippen LogP contribution is 2.22. The third kappa shape index (κ3) is 3.47. The highest BCUT2D eigenvalue weighted by atomic mass is 32.1. The van der Waals surface area contributed by atoms with Crippen molar-refractivity contribution in [3.05, 3.63) is 44.4 Å². The first-order valence-corrected chi connectivity index (χ1v) is 8.39. The Morgan fingerprint density at radius 1 is 1.30 bits per heavy atom. The Hall–Kier alpha value is -2.08. The van der Waals surface area contributed by atoms with Gasteiger partial charge in [0.25, 0.3) is 5.91 Å². The Labute approximate surface area is 140 Å². The summed E-state index contributed by atoms with van der Waals surface area (Å²) in [5.41, 5.74) is 3.38. The van der Waals surface area contributed by atoms with Crippen LogP contribution in [0.15, 0.2) is 11.4 Å². The van der Waals surface area contributed by atoms with Gasteiger partial charge in [0.1, 0.15) is 5.69 Å². The Kier molecular flexibility index (Phi) is 5.26.